The van der Waals surface area contributed by atoms with Crippen LogP contribution >= 0.6 is 0 Å². The minimum absolute atomic E-state index is 0.130. The topological polar surface area (TPSA) is 65.1 Å². The van der Waals surface area contributed by atoms with E-state index in [0.717, 1.165) is 10.5 Å². The molecule has 1 aromatic carbocycles. The Bertz CT molecular complexity index is 647. The average molecular weight is 276 g/mol. The molecule has 0 spiro atoms. The van der Waals surface area contributed by atoms with Gasteiger partial charge in [0.05, 0.1) is 10.8 Å². The van der Waals surface area contributed by atoms with Gasteiger partial charge in [-0.1, -0.05) is 17.7 Å². The summed E-state index contributed by atoms with van der Waals surface area (Å²) in [6, 6.07) is 10.6. The molecule has 1 aromatic heterocycles. The van der Waals surface area contributed by atoms with Crippen molar-refractivity contribution < 1.29 is 4.21 Å². The van der Waals surface area contributed by atoms with E-state index in [2.05, 4.69) is 0 Å². The molecule has 0 radical (unpaired) electrons. The van der Waals surface area contributed by atoms with Crippen molar-refractivity contribution in [1.82, 2.24) is 4.57 Å². The molecule has 0 fully saturated rings. The van der Waals surface area contributed by atoms with Crippen LogP contribution in [0.3, 0.4) is 0 Å². The lowest BCUT2D eigenvalue weighted by Gasteiger charge is -2.06. The van der Waals surface area contributed by atoms with Gasteiger partial charge in [-0.25, -0.2) is 0 Å². The molecule has 0 aliphatic rings. The van der Waals surface area contributed by atoms with Crippen LogP contribution in [0.2, 0.25) is 0 Å². The maximum atomic E-state index is 12.1. The van der Waals surface area contributed by atoms with Crippen LogP contribution in [0.5, 0.6) is 0 Å². The van der Waals surface area contributed by atoms with Crippen molar-refractivity contribution in [2.45, 2.75) is 18.4 Å². The first-order chi connectivity index (χ1) is 9.06. The molecule has 19 heavy (non-hydrogen) atoms. The summed E-state index contributed by atoms with van der Waals surface area (Å²) in [7, 11) is -1.11. The highest BCUT2D eigenvalue weighted by Gasteiger charge is 2.05. The predicted octanol–water partition coefficient (Wildman–Crippen LogP) is 1.55. The van der Waals surface area contributed by atoms with Gasteiger partial charge in [-0.05, 0) is 25.1 Å². The summed E-state index contributed by atoms with van der Waals surface area (Å²) in [5.74, 6) is 0.395. The van der Waals surface area contributed by atoms with E-state index < -0.39 is 10.8 Å². The lowest BCUT2D eigenvalue weighted by atomic mass is 10.2. The van der Waals surface area contributed by atoms with Crippen LogP contribution in [0.15, 0.2) is 52.3 Å². The summed E-state index contributed by atoms with van der Waals surface area (Å²) in [6.45, 7) is 2.38. The quantitative estimate of drug-likeness (QED) is 0.921. The Kier molecular flexibility index (Phi) is 4.16. The fourth-order valence-electron chi connectivity index (χ4n) is 1.71. The molecule has 2 aromatic rings. The Balaban J connectivity index is 2.06. The second-order valence-electron chi connectivity index (χ2n) is 4.36. The minimum Gasteiger partial charge on any atom is -0.398 e. The molecule has 1 unspecified atom stereocenters. The summed E-state index contributed by atoms with van der Waals surface area (Å²) in [5, 5.41) is 0. The Morgan fingerprint density at radius 1 is 1.16 bits per heavy atom. The number of hydrogen-bond acceptors (Lipinski definition) is 3. The normalized spacial score (nSPS) is 12.3. The van der Waals surface area contributed by atoms with Crippen LogP contribution in [-0.2, 0) is 17.3 Å². The number of nitrogen functional groups attached to an aromatic ring is 1. The summed E-state index contributed by atoms with van der Waals surface area (Å²) < 4.78 is 13.6. The average Bonchev–Trinajstić information content (AvgIpc) is 2.40. The monoisotopic (exact) mass is 276 g/mol. The zero-order valence-corrected chi connectivity index (χ0v) is 11.5. The molecule has 0 saturated carbocycles. The van der Waals surface area contributed by atoms with E-state index >= 15 is 0 Å². The SMILES string of the molecule is Cc1ccc(S(=O)CCn2cc(N)ccc2=O)cc1. The zero-order valence-electron chi connectivity index (χ0n) is 10.7. The van der Waals surface area contributed by atoms with Crippen molar-refractivity contribution in [2.24, 2.45) is 0 Å². The highest BCUT2D eigenvalue weighted by Crippen LogP contribution is 2.08. The molecule has 2 N–H and O–H groups in total. The number of rotatable bonds is 4. The molecular weight excluding hydrogens is 260 g/mol. The van der Waals surface area contributed by atoms with E-state index in [4.69, 9.17) is 5.73 Å². The molecule has 1 atom stereocenters. The number of hydrogen-bond donors (Lipinski definition) is 1. The van der Waals surface area contributed by atoms with Crippen molar-refractivity contribution in [3.63, 3.8) is 0 Å². The first-order valence-corrected chi connectivity index (χ1v) is 7.29. The summed E-state index contributed by atoms with van der Waals surface area (Å²) >= 11 is 0. The van der Waals surface area contributed by atoms with Gasteiger partial charge in [-0.3, -0.25) is 9.00 Å². The number of aromatic nitrogens is 1. The number of benzene rings is 1. The molecule has 2 rings (SSSR count). The molecule has 4 nitrogen and oxygen atoms in total. The molecule has 100 valence electrons. The van der Waals surface area contributed by atoms with E-state index in [1.165, 1.54) is 10.6 Å². The molecule has 0 aliphatic carbocycles. The van der Waals surface area contributed by atoms with E-state index in [9.17, 15) is 9.00 Å². The van der Waals surface area contributed by atoms with E-state index in [0.29, 0.717) is 18.0 Å². The second-order valence-corrected chi connectivity index (χ2v) is 5.93. The third-order valence-electron chi connectivity index (χ3n) is 2.81. The largest absolute Gasteiger partial charge is 0.398 e. The predicted molar refractivity (Wildman–Crippen MR) is 77.6 cm³/mol. The van der Waals surface area contributed by atoms with Crippen molar-refractivity contribution in [1.29, 1.82) is 0 Å². The van der Waals surface area contributed by atoms with Crippen LogP contribution in [-0.4, -0.2) is 14.5 Å². The van der Waals surface area contributed by atoms with Gasteiger partial charge in [0.25, 0.3) is 5.56 Å². The minimum atomic E-state index is -1.11. The van der Waals surface area contributed by atoms with Gasteiger partial charge >= 0.3 is 0 Å². The zero-order chi connectivity index (χ0) is 13.8. The summed E-state index contributed by atoms with van der Waals surface area (Å²) in [6.07, 6.45) is 1.58. The number of aryl methyl sites for hydroxylation is 2. The van der Waals surface area contributed by atoms with Crippen LogP contribution in [0, 0.1) is 6.92 Å². The smallest absolute Gasteiger partial charge is 0.250 e. The fraction of sp³-hybridized carbons (Fsp3) is 0.214. The van der Waals surface area contributed by atoms with Gasteiger partial charge in [-0.15, -0.1) is 0 Å². The van der Waals surface area contributed by atoms with E-state index in [-0.39, 0.29) is 5.56 Å². The molecular formula is C14H16N2O2S. The molecule has 5 heteroatoms. The summed E-state index contributed by atoms with van der Waals surface area (Å²) in [4.78, 5) is 12.4. The first kappa shape index (κ1) is 13.5. The van der Waals surface area contributed by atoms with Crippen LogP contribution < -0.4 is 11.3 Å². The van der Waals surface area contributed by atoms with Gasteiger partial charge in [0.15, 0.2) is 0 Å². The van der Waals surface area contributed by atoms with E-state index in [1.807, 2.05) is 31.2 Å². The van der Waals surface area contributed by atoms with Crippen molar-refractivity contribution in [3.05, 3.63) is 58.5 Å². The maximum absolute atomic E-state index is 12.1. The molecule has 0 amide bonds. The Hall–Kier alpha value is -1.88. The lowest BCUT2D eigenvalue weighted by Crippen LogP contribution is -2.21. The number of pyridine rings is 1. The highest BCUT2D eigenvalue weighted by atomic mass is 32.2. The maximum Gasteiger partial charge on any atom is 0.250 e. The van der Waals surface area contributed by atoms with Gasteiger partial charge < -0.3 is 10.3 Å². The van der Waals surface area contributed by atoms with Crippen molar-refractivity contribution in [3.8, 4) is 0 Å². The second kappa shape index (κ2) is 5.84. The highest BCUT2D eigenvalue weighted by molar-refractivity contribution is 7.85. The standard InChI is InChI=1S/C14H16N2O2S/c1-11-2-5-13(6-3-11)19(18)9-8-16-10-12(15)4-7-14(16)17/h2-7,10H,8-9,15H2,1H3. The van der Waals surface area contributed by atoms with Crippen LogP contribution in [0.4, 0.5) is 5.69 Å². The third-order valence-corrected chi connectivity index (χ3v) is 4.16. The van der Waals surface area contributed by atoms with Crippen LogP contribution in [0.25, 0.3) is 0 Å². The fourth-order valence-corrected chi connectivity index (χ4v) is 2.75. The number of nitrogens with two attached hydrogens (primary N) is 1. The van der Waals surface area contributed by atoms with E-state index in [1.54, 1.807) is 12.3 Å². The summed E-state index contributed by atoms with van der Waals surface area (Å²) in [5.41, 5.74) is 7.16. The van der Waals surface area contributed by atoms with Crippen molar-refractivity contribution in [2.75, 3.05) is 11.5 Å². The number of nitrogens with zero attached hydrogens (tertiary/aromatic N) is 1. The van der Waals surface area contributed by atoms with Gasteiger partial charge in [-0.2, -0.15) is 0 Å². The van der Waals surface area contributed by atoms with Gasteiger partial charge in [0.2, 0.25) is 0 Å². The Labute approximate surface area is 114 Å². The molecule has 0 saturated heterocycles. The van der Waals surface area contributed by atoms with Gasteiger partial charge in [0.1, 0.15) is 0 Å². The first-order valence-electron chi connectivity index (χ1n) is 5.97. The lowest BCUT2D eigenvalue weighted by molar-refractivity contribution is 0.669. The number of anilines is 1. The third kappa shape index (κ3) is 3.54. The molecule has 0 bridgehead atoms. The Morgan fingerprint density at radius 3 is 2.53 bits per heavy atom. The van der Waals surface area contributed by atoms with Gasteiger partial charge in [0, 0.05) is 35.1 Å². The Morgan fingerprint density at radius 2 is 1.84 bits per heavy atom. The van der Waals surface area contributed by atoms with Crippen LogP contribution in [0.1, 0.15) is 5.56 Å². The molecule has 0 aliphatic heterocycles. The molecule has 1 heterocycles. The van der Waals surface area contributed by atoms with Crippen molar-refractivity contribution >= 4 is 16.5 Å².